The highest BCUT2D eigenvalue weighted by Gasteiger charge is 2.08. The highest BCUT2D eigenvalue weighted by Crippen LogP contribution is 2.18. The number of ether oxygens (including phenoxy) is 1. The van der Waals surface area contributed by atoms with Crippen LogP contribution in [0.15, 0.2) is 71.3 Å². The fourth-order valence-electron chi connectivity index (χ4n) is 2.77. The number of hydrogen-bond donors (Lipinski definition) is 3. The first-order valence-electron chi connectivity index (χ1n) is 10.2. The zero-order valence-electron chi connectivity index (χ0n) is 17.7. The lowest BCUT2D eigenvalue weighted by Crippen LogP contribution is -2.23. The maximum absolute atomic E-state index is 12.3. The standard InChI is InChI=1S/C24H27N3O4/c1-17(2)16-31-21-9-4-8-20(13-21)27-23(28)15-25-19-7-3-6-18(12-19)24(29)26-14-22-10-5-11-30-22/h3-13,17,25H,14-16H2,1-2H3,(H,26,29)(H,27,28). The van der Waals surface area contributed by atoms with E-state index in [2.05, 4.69) is 29.8 Å². The van der Waals surface area contributed by atoms with Crippen LogP contribution in [0, 0.1) is 5.92 Å². The molecule has 7 heteroatoms. The topological polar surface area (TPSA) is 92.6 Å². The van der Waals surface area contributed by atoms with Crippen molar-refractivity contribution in [3.05, 3.63) is 78.3 Å². The van der Waals surface area contributed by atoms with Crippen molar-refractivity contribution in [2.75, 3.05) is 23.8 Å². The van der Waals surface area contributed by atoms with Gasteiger partial charge in [0.25, 0.3) is 5.91 Å². The molecule has 0 saturated carbocycles. The maximum Gasteiger partial charge on any atom is 0.251 e. The first kappa shape index (κ1) is 22.0. The van der Waals surface area contributed by atoms with Crippen molar-refractivity contribution >= 4 is 23.2 Å². The number of benzene rings is 2. The zero-order valence-corrected chi connectivity index (χ0v) is 17.7. The van der Waals surface area contributed by atoms with Gasteiger partial charge in [0.05, 0.1) is 26.0 Å². The van der Waals surface area contributed by atoms with Crippen LogP contribution < -0.4 is 20.7 Å². The van der Waals surface area contributed by atoms with Crippen molar-refractivity contribution in [2.45, 2.75) is 20.4 Å². The summed E-state index contributed by atoms with van der Waals surface area (Å²) in [5, 5.41) is 8.68. The quantitative estimate of drug-likeness (QED) is 0.454. The Balaban J connectivity index is 1.49. The number of anilines is 2. The van der Waals surface area contributed by atoms with Crippen LogP contribution in [0.25, 0.3) is 0 Å². The third-order valence-electron chi connectivity index (χ3n) is 4.28. The first-order valence-corrected chi connectivity index (χ1v) is 10.2. The maximum atomic E-state index is 12.3. The van der Waals surface area contributed by atoms with E-state index in [4.69, 9.17) is 9.15 Å². The van der Waals surface area contributed by atoms with Crippen molar-refractivity contribution in [3.8, 4) is 5.75 Å². The van der Waals surface area contributed by atoms with Crippen molar-refractivity contribution in [1.29, 1.82) is 0 Å². The molecule has 3 aromatic rings. The van der Waals surface area contributed by atoms with E-state index < -0.39 is 0 Å². The van der Waals surface area contributed by atoms with E-state index in [9.17, 15) is 9.59 Å². The van der Waals surface area contributed by atoms with Gasteiger partial charge in [-0.2, -0.15) is 0 Å². The van der Waals surface area contributed by atoms with Gasteiger partial charge in [-0.25, -0.2) is 0 Å². The van der Waals surface area contributed by atoms with Crippen LogP contribution in [-0.4, -0.2) is 25.0 Å². The fraction of sp³-hybridized carbons (Fsp3) is 0.250. The van der Waals surface area contributed by atoms with E-state index in [1.54, 1.807) is 48.7 Å². The summed E-state index contributed by atoms with van der Waals surface area (Å²) in [6, 6.07) is 17.8. The van der Waals surface area contributed by atoms with Crippen LogP contribution in [0.5, 0.6) is 5.75 Å². The second-order valence-corrected chi connectivity index (χ2v) is 7.48. The molecular weight excluding hydrogens is 394 g/mol. The summed E-state index contributed by atoms with van der Waals surface area (Å²) in [7, 11) is 0. The van der Waals surface area contributed by atoms with E-state index in [0.717, 1.165) is 0 Å². The van der Waals surface area contributed by atoms with E-state index >= 15 is 0 Å². The van der Waals surface area contributed by atoms with Gasteiger partial charge in [0.2, 0.25) is 5.91 Å². The molecule has 0 fully saturated rings. The van der Waals surface area contributed by atoms with E-state index in [1.807, 2.05) is 18.2 Å². The highest BCUT2D eigenvalue weighted by atomic mass is 16.5. The SMILES string of the molecule is CC(C)COc1cccc(NC(=O)CNc2cccc(C(=O)NCc3ccco3)c2)c1. The Labute approximate surface area is 181 Å². The van der Waals surface area contributed by atoms with Crippen molar-refractivity contribution in [3.63, 3.8) is 0 Å². The molecule has 0 radical (unpaired) electrons. The number of nitrogens with one attached hydrogen (secondary N) is 3. The molecule has 162 valence electrons. The molecule has 0 spiro atoms. The number of amides is 2. The number of furan rings is 1. The summed E-state index contributed by atoms with van der Waals surface area (Å²) in [6.07, 6.45) is 1.56. The Morgan fingerprint density at radius 1 is 1.00 bits per heavy atom. The third-order valence-corrected chi connectivity index (χ3v) is 4.28. The van der Waals surface area contributed by atoms with Gasteiger partial charge in [-0.1, -0.05) is 26.0 Å². The molecule has 0 saturated heterocycles. The lowest BCUT2D eigenvalue weighted by atomic mass is 10.2. The Bertz CT molecular complexity index is 1000. The number of rotatable bonds is 10. The average molecular weight is 421 g/mol. The summed E-state index contributed by atoms with van der Waals surface area (Å²) in [6.45, 7) is 5.15. The minimum Gasteiger partial charge on any atom is -0.493 e. The molecule has 0 unspecified atom stereocenters. The zero-order chi connectivity index (χ0) is 22.1. The van der Waals surface area contributed by atoms with Crippen LogP contribution in [0.2, 0.25) is 0 Å². The average Bonchev–Trinajstić information content (AvgIpc) is 3.29. The van der Waals surface area contributed by atoms with Crippen molar-refractivity contribution in [2.24, 2.45) is 5.92 Å². The first-order chi connectivity index (χ1) is 15.0. The number of carbonyl (C=O) groups excluding carboxylic acids is 2. The minimum absolute atomic E-state index is 0.0640. The molecule has 1 heterocycles. The molecular formula is C24H27N3O4. The second-order valence-electron chi connectivity index (χ2n) is 7.48. The van der Waals surface area contributed by atoms with Crippen LogP contribution in [-0.2, 0) is 11.3 Å². The largest absolute Gasteiger partial charge is 0.493 e. The Hall–Kier alpha value is -3.74. The van der Waals surface area contributed by atoms with Gasteiger partial charge in [0.1, 0.15) is 11.5 Å². The van der Waals surface area contributed by atoms with E-state index in [1.165, 1.54) is 0 Å². The summed E-state index contributed by atoms with van der Waals surface area (Å²) in [5.41, 5.74) is 1.83. The summed E-state index contributed by atoms with van der Waals surface area (Å²) in [5.74, 6) is 1.40. The van der Waals surface area contributed by atoms with Crippen molar-refractivity contribution in [1.82, 2.24) is 5.32 Å². The predicted molar refractivity (Wildman–Crippen MR) is 120 cm³/mol. The highest BCUT2D eigenvalue weighted by molar-refractivity contribution is 5.96. The monoisotopic (exact) mass is 421 g/mol. The lowest BCUT2D eigenvalue weighted by Gasteiger charge is -2.12. The molecule has 1 aromatic heterocycles. The molecule has 31 heavy (non-hydrogen) atoms. The Morgan fingerprint density at radius 2 is 1.81 bits per heavy atom. The van der Waals surface area contributed by atoms with Crippen LogP contribution in [0.4, 0.5) is 11.4 Å². The van der Waals surface area contributed by atoms with E-state index in [-0.39, 0.29) is 18.4 Å². The van der Waals surface area contributed by atoms with Gasteiger partial charge in [-0.3, -0.25) is 9.59 Å². The Kier molecular flexibility index (Phi) is 7.70. The van der Waals surface area contributed by atoms with Crippen LogP contribution in [0.3, 0.4) is 0 Å². The minimum atomic E-state index is -0.220. The normalized spacial score (nSPS) is 10.5. The molecule has 3 rings (SSSR count). The van der Waals surface area contributed by atoms with Gasteiger partial charge >= 0.3 is 0 Å². The van der Waals surface area contributed by atoms with Crippen LogP contribution in [0.1, 0.15) is 30.0 Å². The van der Waals surface area contributed by atoms with Gasteiger partial charge in [0.15, 0.2) is 0 Å². The summed E-state index contributed by atoms with van der Waals surface area (Å²) >= 11 is 0. The molecule has 2 aromatic carbocycles. The smallest absolute Gasteiger partial charge is 0.251 e. The molecule has 0 atom stereocenters. The van der Waals surface area contributed by atoms with E-state index in [0.29, 0.717) is 47.5 Å². The predicted octanol–water partition coefficient (Wildman–Crippen LogP) is 4.30. The molecule has 0 aliphatic rings. The van der Waals surface area contributed by atoms with Crippen LogP contribution >= 0.6 is 0 Å². The summed E-state index contributed by atoms with van der Waals surface area (Å²) < 4.78 is 10.9. The fourth-order valence-corrected chi connectivity index (χ4v) is 2.77. The van der Waals surface area contributed by atoms with Gasteiger partial charge < -0.3 is 25.1 Å². The van der Waals surface area contributed by atoms with Gasteiger partial charge in [-0.05, 0) is 48.4 Å². The van der Waals surface area contributed by atoms with Gasteiger partial charge in [-0.15, -0.1) is 0 Å². The molecule has 7 nitrogen and oxygen atoms in total. The molecule has 0 aliphatic carbocycles. The lowest BCUT2D eigenvalue weighted by molar-refractivity contribution is -0.114. The number of carbonyl (C=O) groups is 2. The molecule has 0 bridgehead atoms. The third kappa shape index (κ3) is 7.22. The number of hydrogen-bond acceptors (Lipinski definition) is 5. The van der Waals surface area contributed by atoms with Gasteiger partial charge in [0, 0.05) is 23.0 Å². The van der Waals surface area contributed by atoms with Crippen molar-refractivity contribution < 1.29 is 18.7 Å². The summed E-state index contributed by atoms with van der Waals surface area (Å²) in [4.78, 5) is 24.6. The molecule has 2 amide bonds. The Morgan fingerprint density at radius 3 is 2.58 bits per heavy atom. The molecule has 0 aliphatic heterocycles. The second kappa shape index (κ2) is 10.9. The molecule has 3 N–H and O–H groups in total.